The predicted octanol–water partition coefficient (Wildman–Crippen LogP) is 2.36. The molecule has 0 bridgehead atoms. The van der Waals surface area contributed by atoms with Crippen LogP contribution >= 0.6 is 0 Å². The lowest BCUT2D eigenvalue weighted by Crippen LogP contribution is -2.11. The minimum atomic E-state index is -4.84. The van der Waals surface area contributed by atoms with Crippen LogP contribution in [0.25, 0.3) is 0 Å². The zero-order chi connectivity index (χ0) is 12.5. The summed E-state index contributed by atoms with van der Waals surface area (Å²) in [6.45, 7) is 0. The van der Waals surface area contributed by atoms with E-state index in [0.29, 0.717) is 0 Å². The van der Waals surface area contributed by atoms with Crippen LogP contribution in [0.1, 0.15) is 26.3 Å². The van der Waals surface area contributed by atoms with Crippen molar-refractivity contribution in [2.24, 2.45) is 0 Å². The van der Waals surface area contributed by atoms with Crippen molar-refractivity contribution >= 4 is 12.3 Å². The summed E-state index contributed by atoms with van der Waals surface area (Å²) in [6.07, 6.45) is -5.01. The zero-order valence-corrected chi connectivity index (χ0v) is 7.51. The molecule has 0 saturated carbocycles. The minimum Gasteiger partial charge on any atom is -0.478 e. The molecule has 3 nitrogen and oxygen atoms in total. The smallest absolute Gasteiger partial charge is 0.416 e. The summed E-state index contributed by atoms with van der Waals surface area (Å²) >= 11 is 0. The van der Waals surface area contributed by atoms with Crippen molar-refractivity contribution in [2.75, 3.05) is 0 Å². The molecule has 16 heavy (non-hydrogen) atoms. The number of carbonyl (C=O) groups excluding carboxylic acids is 1. The summed E-state index contributed by atoms with van der Waals surface area (Å²) in [7, 11) is 0. The van der Waals surface area contributed by atoms with E-state index in [2.05, 4.69) is 0 Å². The number of hydrogen-bond acceptors (Lipinski definition) is 2. The molecule has 0 heterocycles. The minimum absolute atomic E-state index is 0.144. The van der Waals surface area contributed by atoms with Gasteiger partial charge in [-0.2, -0.15) is 13.2 Å². The second-order valence-electron chi connectivity index (χ2n) is 2.85. The quantitative estimate of drug-likeness (QED) is 0.633. The number of hydrogen-bond donors (Lipinski definition) is 1. The molecule has 0 aliphatic carbocycles. The van der Waals surface area contributed by atoms with Crippen LogP contribution < -0.4 is 0 Å². The van der Waals surface area contributed by atoms with Crippen LogP contribution in [-0.4, -0.2) is 17.4 Å². The highest BCUT2D eigenvalue weighted by Gasteiger charge is 2.33. The SMILES string of the molecule is O=Cc1cc(C(F)(F)F)cc(C(=O)O)c1F. The van der Waals surface area contributed by atoms with Crippen molar-refractivity contribution in [1.82, 2.24) is 0 Å². The standard InChI is InChI=1S/C9H4F4O3/c10-7-4(3-14)1-5(9(11,12)13)2-6(7)8(15)16/h1-3H,(H,15,16). The third kappa shape index (κ3) is 2.18. The number of aldehydes is 1. The van der Waals surface area contributed by atoms with Crippen LogP contribution in [0, 0.1) is 5.82 Å². The van der Waals surface area contributed by atoms with E-state index in [-0.39, 0.29) is 18.4 Å². The summed E-state index contributed by atoms with van der Waals surface area (Å²) in [4.78, 5) is 20.7. The molecule has 1 aromatic carbocycles. The Bertz CT molecular complexity index is 451. The molecule has 86 valence electrons. The summed E-state index contributed by atoms with van der Waals surface area (Å²) < 4.78 is 49.9. The van der Waals surface area contributed by atoms with Crippen molar-refractivity contribution in [2.45, 2.75) is 6.18 Å². The van der Waals surface area contributed by atoms with Gasteiger partial charge in [0.2, 0.25) is 0 Å². The van der Waals surface area contributed by atoms with Gasteiger partial charge in [0.15, 0.2) is 6.29 Å². The summed E-state index contributed by atoms with van der Waals surface area (Å²) in [5.41, 5.74) is -3.50. The number of carboxylic acids is 1. The molecule has 0 spiro atoms. The van der Waals surface area contributed by atoms with Gasteiger partial charge >= 0.3 is 12.1 Å². The zero-order valence-electron chi connectivity index (χ0n) is 7.51. The normalized spacial score (nSPS) is 11.2. The van der Waals surface area contributed by atoms with Gasteiger partial charge in [0, 0.05) is 0 Å². The summed E-state index contributed by atoms with van der Waals surface area (Å²) in [5, 5.41) is 8.45. The average molecular weight is 236 g/mol. The molecule has 0 radical (unpaired) electrons. The first-order valence-electron chi connectivity index (χ1n) is 3.86. The van der Waals surface area contributed by atoms with Gasteiger partial charge in [-0.05, 0) is 12.1 Å². The molecule has 0 unspecified atom stereocenters. The maximum absolute atomic E-state index is 13.1. The Morgan fingerprint density at radius 3 is 2.25 bits per heavy atom. The highest BCUT2D eigenvalue weighted by Crippen LogP contribution is 2.31. The Balaban J connectivity index is 3.52. The molecule has 0 atom stereocenters. The largest absolute Gasteiger partial charge is 0.478 e. The molecule has 7 heteroatoms. The molecular formula is C9H4F4O3. The maximum Gasteiger partial charge on any atom is 0.416 e. The third-order valence-corrected chi connectivity index (χ3v) is 1.79. The molecule has 1 rings (SSSR count). The molecule has 1 aromatic rings. The van der Waals surface area contributed by atoms with Gasteiger partial charge in [-0.3, -0.25) is 4.79 Å². The van der Waals surface area contributed by atoms with E-state index in [9.17, 15) is 27.2 Å². The van der Waals surface area contributed by atoms with E-state index < -0.39 is 34.7 Å². The second kappa shape index (κ2) is 3.92. The van der Waals surface area contributed by atoms with Gasteiger partial charge < -0.3 is 5.11 Å². The van der Waals surface area contributed by atoms with Gasteiger partial charge in [0.05, 0.1) is 16.7 Å². The summed E-state index contributed by atoms with van der Waals surface area (Å²) in [5.74, 6) is -3.35. The highest BCUT2D eigenvalue weighted by atomic mass is 19.4. The Morgan fingerprint density at radius 1 is 1.31 bits per heavy atom. The average Bonchev–Trinajstić information content (AvgIpc) is 2.15. The number of benzene rings is 1. The monoisotopic (exact) mass is 236 g/mol. The highest BCUT2D eigenvalue weighted by molar-refractivity contribution is 5.91. The van der Waals surface area contributed by atoms with E-state index in [1.54, 1.807) is 0 Å². The maximum atomic E-state index is 13.1. The van der Waals surface area contributed by atoms with Gasteiger partial charge in [0.1, 0.15) is 5.82 Å². The summed E-state index contributed by atoms with van der Waals surface area (Å²) in [6, 6.07) is 0.402. The van der Waals surface area contributed by atoms with E-state index in [1.165, 1.54) is 0 Å². The topological polar surface area (TPSA) is 54.4 Å². The van der Waals surface area contributed by atoms with Crippen molar-refractivity contribution in [3.05, 3.63) is 34.6 Å². The molecule has 0 aliphatic heterocycles. The first-order chi connectivity index (χ1) is 7.27. The van der Waals surface area contributed by atoms with Crippen LogP contribution in [0.5, 0.6) is 0 Å². The molecule has 1 N–H and O–H groups in total. The fourth-order valence-electron chi connectivity index (χ4n) is 1.05. The number of rotatable bonds is 2. The Hall–Kier alpha value is -1.92. The van der Waals surface area contributed by atoms with Crippen LogP contribution in [0.4, 0.5) is 17.6 Å². The molecule has 0 aliphatic rings. The van der Waals surface area contributed by atoms with Gasteiger partial charge in [-0.25, -0.2) is 9.18 Å². The Labute approximate surface area is 86.3 Å². The second-order valence-corrected chi connectivity index (χ2v) is 2.85. The Morgan fingerprint density at radius 2 is 1.88 bits per heavy atom. The van der Waals surface area contributed by atoms with Crippen LogP contribution in [0.15, 0.2) is 12.1 Å². The van der Waals surface area contributed by atoms with Crippen molar-refractivity contribution in [3.63, 3.8) is 0 Å². The number of carboxylic acid groups (broad SMARTS) is 1. The van der Waals surface area contributed by atoms with Crippen LogP contribution in [-0.2, 0) is 6.18 Å². The Kier molecular flexibility index (Phi) is 2.97. The fourth-order valence-corrected chi connectivity index (χ4v) is 1.05. The van der Waals surface area contributed by atoms with E-state index in [0.717, 1.165) is 0 Å². The molecule has 0 fully saturated rings. The van der Waals surface area contributed by atoms with Gasteiger partial charge in [-0.15, -0.1) is 0 Å². The molecular weight excluding hydrogens is 232 g/mol. The number of carbonyl (C=O) groups is 2. The number of halogens is 4. The van der Waals surface area contributed by atoms with Crippen molar-refractivity contribution < 1.29 is 32.3 Å². The van der Waals surface area contributed by atoms with Gasteiger partial charge in [0.25, 0.3) is 0 Å². The lowest BCUT2D eigenvalue weighted by Gasteiger charge is -2.09. The third-order valence-electron chi connectivity index (χ3n) is 1.79. The molecule has 0 saturated heterocycles. The van der Waals surface area contributed by atoms with Crippen LogP contribution in [0.2, 0.25) is 0 Å². The van der Waals surface area contributed by atoms with Crippen molar-refractivity contribution in [1.29, 1.82) is 0 Å². The van der Waals surface area contributed by atoms with Crippen LogP contribution in [0.3, 0.4) is 0 Å². The lowest BCUT2D eigenvalue weighted by atomic mass is 10.0. The van der Waals surface area contributed by atoms with Gasteiger partial charge in [-0.1, -0.05) is 0 Å². The van der Waals surface area contributed by atoms with E-state index in [4.69, 9.17) is 5.11 Å². The first-order valence-corrected chi connectivity index (χ1v) is 3.86. The number of aromatic carboxylic acids is 1. The van der Waals surface area contributed by atoms with E-state index in [1.807, 2.05) is 0 Å². The van der Waals surface area contributed by atoms with Crippen molar-refractivity contribution in [3.8, 4) is 0 Å². The molecule has 0 amide bonds. The lowest BCUT2D eigenvalue weighted by molar-refractivity contribution is -0.137. The first kappa shape index (κ1) is 12.2. The molecule has 0 aromatic heterocycles. The fraction of sp³-hybridized carbons (Fsp3) is 0.111. The number of alkyl halides is 3. The predicted molar refractivity (Wildman–Crippen MR) is 43.7 cm³/mol. The van der Waals surface area contributed by atoms with E-state index >= 15 is 0 Å².